The van der Waals surface area contributed by atoms with Gasteiger partial charge in [-0.25, -0.2) is 8.78 Å². The number of piperazine rings is 1. The molecule has 1 aliphatic heterocycles. The smallest absolute Gasteiger partial charge is 0.227 e. The van der Waals surface area contributed by atoms with Crippen LogP contribution in [0, 0.1) is 11.6 Å². The van der Waals surface area contributed by atoms with E-state index in [0.717, 1.165) is 17.7 Å². The fourth-order valence-electron chi connectivity index (χ4n) is 3.02. The molecule has 5 nitrogen and oxygen atoms in total. The maximum Gasteiger partial charge on any atom is 0.227 e. The summed E-state index contributed by atoms with van der Waals surface area (Å²) in [7, 11) is 0. The van der Waals surface area contributed by atoms with E-state index in [9.17, 15) is 18.7 Å². The highest BCUT2D eigenvalue weighted by atomic mass is 19.1. The fraction of sp³-hybridized carbons (Fsp3) is 0.278. The van der Waals surface area contributed by atoms with Crippen LogP contribution in [-0.2, 0) is 11.2 Å². The van der Waals surface area contributed by atoms with Crippen LogP contribution in [0.5, 0.6) is 5.75 Å². The minimum atomic E-state index is -0.697. The molecule has 1 saturated heterocycles. The normalized spacial score (nSPS) is 14.6. The Morgan fingerprint density at radius 3 is 2.32 bits per heavy atom. The molecule has 25 heavy (non-hydrogen) atoms. The second-order valence-corrected chi connectivity index (χ2v) is 6.05. The van der Waals surface area contributed by atoms with Crippen molar-refractivity contribution >= 4 is 17.3 Å². The van der Waals surface area contributed by atoms with Gasteiger partial charge in [0.2, 0.25) is 5.91 Å². The van der Waals surface area contributed by atoms with Crippen molar-refractivity contribution in [3.63, 3.8) is 0 Å². The van der Waals surface area contributed by atoms with Gasteiger partial charge in [-0.3, -0.25) is 4.79 Å². The number of rotatable bonds is 3. The third kappa shape index (κ3) is 3.81. The van der Waals surface area contributed by atoms with Gasteiger partial charge in [-0.05, 0) is 29.8 Å². The zero-order valence-electron chi connectivity index (χ0n) is 13.6. The van der Waals surface area contributed by atoms with Gasteiger partial charge in [-0.2, -0.15) is 0 Å². The van der Waals surface area contributed by atoms with Gasteiger partial charge in [0.1, 0.15) is 11.4 Å². The molecule has 1 aliphatic rings. The van der Waals surface area contributed by atoms with Crippen molar-refractivity contribution in [1.29, 1.82) is 0 Å². The van der Waals surface area contributed by atoms with Crippen molar-refractivity contribution in [3.8, 4) is 5.75 Å². The molecule has 3 rings (SSSR count). The summed E-state index contributed by atoms with van der Waals surface area (Å²) >= 11 is 0. The number of aromatic hydroxyl groups is 1. The summed E-state index contributed by atoms with van der Waals surface area (Å²) < 4.78 is 28.0. The Labute approximate surface area is 144 Å². The second-order valence-electron chi connectivity index (χ2n) is 6.05. The Hall–Kier alpha value is -2.83. The van der Waals surface area contributed by atoms with Gasteiger partial charge >= 0.3 is 0 Å². The Kier molecular flexibility index (Phi) is 4.74. The number of amides is 1. The molecule has 0 aromatic heterocycles. The zero-order valence-corrected chi connectivity index (χ0v) is 13.6. The molecule has 2 aromatic rings. The first-order valence-electron chi connectivity index (χ1n) is 7.99. The van der Waals surface area contributed by atoms with Crippen molar-refractivity contribution in [2.75, 3.05) is 36.8 Å². The minimum absolute atomic E-state index is 0.0404. The highest BCUT2D eigenvalue weighted by Crippen LogP contribution is 2.27. The quantitative estimate of drug-likeness (QED) is 0.835. The van der Waals surface area contributed by atoms with E-state index in [0.29, 0.717) is 26.2 Å². The number of carbonyl (C=O) groups is 1. The minimum Gasteiger partial charge on any atom is -0.508 e. The number of carbonyl (C=O) groups excluding carboxylic acids is 1. The number of anilines is 2. The van der Waals surface area contributed by atoms with E-state index in [1.54, 1.807) is 34.1 Å². The van der Waals surface area contributed by atoms with Crippen LogP contribution in [0.15, 0.2) is 36.4 Å². The van der Waals surface area contributed by atoms with Crippen LogP contribution in [0.2, 0.25) is 0 Å². The van der Waals surface area contributed by atoms with Gasteiger partial charge in [-0.15, -0.1) is 0 Å². The first-order chi connectivity index (χ1) is 11.9. The second kappa shape index (κ2) is 6.96. The highest BCUT2D eigenvalue weighted by molar-refractivity contribution is 5.79. The maximum absolute atomic E-state index is 14.0. The van der Waals surface area contributed by atoms with E-state index in [1.807, 2.05) is 0 Å². The number of nitrogen functional groups attached to an aromatic ring is 1. The molecule has 7 heteroatoms. The molecule has 132 valence electrons. The largest absolute Gasteiger partial charge is 0.508 e. The summed E-state index contributed by atoms with van der Waals surface area (Å²) in [5, 5.41) is 9.46. The van der Waals surface area contributed by atoms with Crippen LogP contribution in [0.25, 0.3) is 0 Å². The molecule has 0 spiro atoms. The molecule has 1 heterocycles. The summed E-state index contributed by atoms with van der Waals surface area (Å²) in [4.78, 5) is 15.6. The van der Waals surface area contributed by atoms with Crippen LogP contribution in [0.3, 0.4) is 0 Å². The number of nitrogens with two attached hydrogens (primary N) is 1. The van der Waals surface area contributed by atoms with E-state index in [2.05, 4.69) is 0 Å². The monoisotopic (exact) mass is 347 g/mol. The van der Waals surface area contributed by atoms with E-state index < -0.39 is 11.6 Å². The van der Waals surface area contributed by atoms with Crippen LogP contribution in [-0.4, -0.2) is 42.1 Å². The summed E-state index contributed by atoms with van der Waals surface area (Å²) in [6.45, 7) is 1.43. The Morgan fingerprint density at radius 1 is 1.08 bits per heavy atom. The van der Waals surface area contributed by atoms with Crippen LogP contribution in [0.1, 0.15) is 5.56 Å². The topological polar surface area (TPSA) is 69.8 Å². The Bertz CT molecular complexity index is 767. The van der Waals surface area contributed by atoms with Crippen LogP contribution in [0.4, 0.5) is 20.2 Å². The zero-order chi connectivity index (χ0) is 18.0. The van der Waals surface area contributed by atoms with Crippen molar-refractivity contribution in [2.24, 2.45) is 0 Å². The molecule has 3 N–H and O–H groups in total. The van der Waals surface area contributed by atoms with Crippen molar-refractivity contribution in [2.45, 2.75) is 6.42 Å². The molecule has 1 amide bonds. The molecule has 0 aliphatic carbocycles. The van der Waals surface area contributed by atoms with E-state index in [4.69, 9.17) is 5.73 Å². The lowest BCUT2D eigenvalue weighted by Gasteiger charge is -2.36. The Balaban J connectivity index is 1.63. The predicted octanol–water partition coefficient (Wildman–Crippen LogP) is 2.14. The van der Waals surface area contributed by atoms with Crippen molar-refractivity contribution < 1.29 is 18.7 Å². The fourth-order valence-corrected chi connectivity index (χ4v) is 3.02. The molecule has 2 aromatic carbocycles. The van der Waals surface area contributed by atoms with Crippen molar-refractivity contribution in [1.82, 2.24) is 4.90 Å². The molecule has 0 unspecified atom stereocenters. The lowest BCUT2D eigenvalue weighted by Crippen LogP contribution is -2.49. The van der Waals surface area contributed by atoms with E-state index in [1.165, 1.54) is 0 Å². The molecule has 1 fully saturated rings. The average Bonchev–Trinajstić information content (AvgIpc) is 2.54. The van der Waals surface area contributed by atoms with Gasteiger partial charge in [0.15, 0.2) is 11.6 Å². The number of nitrogens with zero attached hydrogens (tertiary/aromatic N) is 2. The van der Waals surface area contributed by atoms with Gasteiger partial charge in [0.25, 0.3) is 0 Å². The summed E-state index contributed by atoms with van der Waals surface area (Å²) in [5.41, 5.74) is 6.10. The molecule has 0 bridgehead atoms. The summed E-state index contributed by atoms with van der Waals surface area (Å²) in [6, 6.07) is 8.74. The number of benzene rings is 2. The van der Waals surface area contributed by atoms with Crippen molar-refractivity contribution in [3.05, 3.63) is 53.6 Å². The summed E-state index contributed by atoms with van der Waals surface area (Å²) in [5.74, 6) is -1.36. The maximum atomic E-state index is 14.0. The molecular formula is C18H19F2N3O2. The standard InChI is InChI=1S/C18H19F2N3O2/c19-15-10-13(21)11-16(20)18(15)23-6-4-22(5-7-23)17(25)9-12-2-1-3-14(24)8-12/h1-3,8,10-11,24H,4-7,9,21H2. The number of phenolic OH excluding ortho intramolecular Hbond substituents is 1. The SMILES string of the molecule is Nc1cc(F)c(N2CCN(C(=O)Cc3cccc(O)c3)CC2)c(F)c1. The third-order valence-corrected chi connectivity index (χ3v) is 4.25. The molecule has 0 atom stereocenters. The molecule has 0 radical (unpaired) electrons. The first kappa shape index (κ1) is 17.0. The number of hydrogen-bond donors (Lipinski definition) is 2. The molecular weight excluding hydrogens is 328 g/mol. The number of phenols is 1. The van der Waals surface area contributed by atoms with Gasteiger partial charge < -0.3 is 20.6 Å². The lowest BCUT2D eigenvalue weighted by molar-refractivity contribution is -0.130. The third-order valence-electron chi connectivity index (χ3n) is 4.25. The summed E-state index contributed by atoms with van der Waals surface area (Å²) in [6.07, 6.45) is 0.180. The lowest BCUT2D eigenvalue weighted by atomic mass is 10.1. The van der Waals surface area contributed by atoms with Crippen LogP contribution < -0.4 is 10.6 Å². The van der Waals surface area contributed by atoms with Gasteiger partial charge in [0, 0.05) is 31.9 Å². The highest BCUT2D eigenvalue weighted by Gasteiger charge is 2.25. The number of halogens is 2. The first-order valence-corrected chi connectivity index (χ1v) is 7.99. The number of hydrogen-bond acceptors (Lipinski definition) is 4. The Morgan fingerprint density at radius 2 is 1.72 bits per heavy atom. The molecule has 0 saturated carbocycles. The van der Waals surface area contributed by atoms with E-state index >= 15 is 0 Å². The van der Waals surface area contributed by atoms with Gasteiger partial charge in [0.05, 0.1) is 6.42 Å². The average molecular weight is 347 g/mol. The predicted molar refractivity (Wildman–Crippen MR) is 91.4 cm³/mol. The van der Waals surface area contributed by atoms with Crippen LogP contribution >= 0.6 is 0 Å². The van der Waals surface area contributed by atoms with Gasteiger partial charge in [-0.1, -0.05) is 12.1 Å². The van der Waals surface area contributed by atoms with E-state index in [-0.39, 0.29) is 29.5 Å².